The highest BCUT2D eigenvalue weighted by Crippen LogP contribution is 2.52. The number of nitrogens with zero attached hydrogens (tertiary/aromatic N) is 1. The van der Waals surface area contributed by atoms with Crippen molar-refractivity contribution < 1.29 is 33.4 Å². The van der Waals surface area contributed by atoms with Gasteiger partial charge < -0.3 is 24.3 Å². The first-order chi connectivity index (χ1) is 24.3. The second-order valence-electron chi connectivity index (χ2n) is 16.8. The zero-order chi connectivity index (χ0) is 38.7. The summed E-state index contributed by atoms with van der Waals surface area (Å²) in [6.07, 6.45) is 6.75. The lowest BCUT2D eigenvalue weighted by atomic mass is 9.73. The number of benzene rings is 1. The van der Waals surface area contributed by atoms with Gasteiger partial charge in [0, 0.05) is 16.4 Å². The number of amides is 2. The number of hydrogen-bond donors (Lipinski definition) is 2. The molecule has 0 spiro atoms. The third-order valence-corrected chi connectivity index (χ3v) is 16.9. The van der Waals surface area contributed by atoms with Crippen molar-refractivity contribution in [1.29, 1.82) is 0 Å². The molecule has 0 bridgehead atoms. The number of phenols is 1. The number of fused-ring (bicyclic) bond motifs is 1. The number of rotatable bonds is 15. The van der Waals surface area contributed by atoms with E-state index in [1.165, 1.54) is 22.2 Å². The van der Waals surface area contributed by atoms with Crippen LogP contribution in [0.1, 0.15) is 111 Å². The van der Waals surface area contributed by atoms with Gasteiger partial charge in [-0.05, 0) is 94.1 Å². The van der Waals surface area contributed by atoms with Gasteiger partial charge in [-0.3, -0.25) is 9.69 Å². The number of β-lactam (4-membered cyclic amide) rings is 1. The number of hydrogen-bond acceptors (Lipinski definition) is 8. The first-order valence-corrected chi connectivity index (χ1v) is 22.8. The Morgan fingerprint density at radius 3 is 2.48 bits per heavy atom. The van der Waals surface area contributed by atoms with E-state index in [-0.39, 0.29) is 64.8 Å². The molecule has 1 aliphatic carbocycles. The molecule has 0 radical (unpaired) electrons. The third-order valence-electron chi connectivity index (χ3n) is 10.9. The summed E-state index contributed by atoms with van der Waals surface area (Å²) >= 11 is 1.39. The van der Waals surface area contributed by atoms with Crippen LogP contribution in [0.3, 0.4) is 0 Å². The molecule has 1 unspecified atom stereocenters. The Balaban J connectivity index is 1.60. The fraction of sp³-hybridized carbons (Fsp3) is 0.634. The number of unbranched alkanes of at least 4 members (excludes halogenated alkanes) is 2. The number of allylic oxidation sites excluding steroid dienone is 3. The van der Waals surface area contributed by atoms with Crippen LogP contribution in [0.25, 0.3) is 0 Å². The zero-order valence-electron chi connectivity index (χ0n) is 33.3. The molecule has 1 saturated heterocycles. The molecule has 11 heteroatoms. The van der Waals surface area contributed by atoms with E-state index in [4.69, 9.17) is 13.9 Å². The average molecular weight is 755 g/mol. The lowest BCUT2D eigenvalue weighted by molar-refractivity contribution is -0.158. The van der Waals surface area contributed by atoms with Crippen LogP contribution < -0.4 is 10.1 Å². The maximum atomic E-state index is 13.7. The molecule has 288 valence electrons. The average Bonchev–Trinajstić information content (AvgIpc) is 3.35. The van der Waals surface area contributed by atoms with Crippen molar-refractivity contribution in [2.45, 2.75) is 136 Å². The van der Waals surface area contributed by atoms with Gasteiger partial charge in [-0.15, -0.1) is 0 Å². The Bertz CT molecular complexity index is 1590. The normalized spacial score (nSPS) is 22.5. The van der Waals surface area contributed by atoms with Gasteiger partial charge in [-0.2, -0.15) is 0 Å². The quantitative estimate of drug-likeness (QED) is 0.0599. The molecule has 1 aromatic rings. The van der Waals surface area contributed by atoms with Crippen molar-refractivity contribution in [3.63, 3.8) is 0 Å². The summed E-state index contributed by atoms with van der Waals surface area (Å²) in [5.74, 6) is -0.793. The molecule has 1 aromatic carbocycles. The highest BCUT2D eigenvalue weighted by atomic mass is 32.2. The fourth-order valence-electron chi connectivity index (χ4n) is 6.99. The van der Waals surface area contributed by atoms with E-state index < -0.39 is 26.3 Å². The third kappa shape index (κ3) is 9.36. The van der Waals surface area contributed by atoms with Crippen LogP contribution in [0.15, 0.2) is 46.5 Å². The summed E-state index contributed by atoms with van der Waals surface area (Å²) in [5.41, 5.74) is 3.86. The number of nitrogens with one attached hydrogen (secondary N) is 1. The molecule has 0 saturated carbocycles. The molecule has 2 aliphatic heterocycles. The Morgan fingerprint density at radius 2 is 1.87 bits per heavy atom. The first kappa shape index (κ1) is 41.7. The number of thioether (sulfide) groups is 1. The molecule has 9 nitrogen and oxygen atoms in total. The van der Waals surface area contributed by atoms with E-state index in [0.717, 1.165) is 49.7 Å². The second-order valence-corrected chi connectivity index (χ2v) is 22.8. The molecule has 5 atom stereocenters. The van der Waals surface area contributed by atoms with E-state index in [9.17, 15) is 19.5 Å². The van der Waals surface area contributed by atoms with Crippen molar-refractivity contribution in [2.75, 3.05) is 13.2 Å². The second kappa shape index (κ2) is 17.0. The molecule has 2 heterocycles. The Kier molecular flexibility index (Phi) is 13.6. The molecule has 4 rings (SSSR count). The predicted octanol–water partition coefficient (Wildman–Crippen LogP) is 9.58. The Hall–Kier alpha value is -3.02. The molecule has 3 aliphatic rings. The van der Waals surface area contributed by atoms with Crippen LogP contribution in [0.2, 0.25) is 18.1 Å². The first-order valence-electron chi connectivity index (χ1n) is 19.0. The maximum absolute atomic E-state index is 13.7. The van der Waals surface area contributed by atoms with Crippen molar-refractivity contribution in [3.8, 4) is 11.5 Å². The van der Waals surface area contributed by atoms with Crippen LogP contribution in [-0.4, -0.2) is 60.9 Å². The van der Waals surface area contributed by atoms with Gasteiger partial charge in [0.1, 0.15) is 22.6 Å². The Labute approximate surface area is 317 Å². The zero-order valence-corrected chi connectivity index (χ0v) is 35.1. The summed E-state index contributed by atoms with van der Waals surface area (Å²) in [5, 5.41) is 13.9. The summed E-state index contributed by atoms with van der Waals surface area (Å²) < 4.78 is 18.3. The predicted molar refractivity (Wildman–Crippen MR) is 212 cm³/mol. The van der Waals surface area contributed by atoms with Crippen LogP contribution in [0.4, 0.5) is 4.79 Å². The van der Waals surface area contributed by atoms with Gasteiger partial charge in [0.2, 0.25) is 5.91 Å². The number of phenolic OH excluding ortho intramolecular Hbond substituents is 1. The van der Waals surface area contributed by atoms with Gasteiger partial charge in [0.25, 0.3) is 0 Å². The van der Waals surface area contributed by atoms with Crippen LogP contribution in [-0.2, 0) is 25.2 Å². The minimum Gasteiger partial charge on any atom is -0.507 e. The molecular formula is C41H62N2O7SSi. The Morgan fingerprint density at radius 1 is 1.17 bits per heavy atom. The van der Waals surface area contributed by atoms with Gasteiger partial charge in [-0.25, -0.2) is 9.59 Å². The maximum Gasteiger partial charge on any atom is 0.412 e. The molecular weight excluding hydrogens is 693 g/mol. The molecule has 1 fully saturated rings. The molecule has 52 heavy (non-hydrogen) atoms. The van der Waals surface area contributed by atoms with E-state index >= 15 is 0 Å². The molecule has 2 N–H and O–H groups in total. The standard InChI is InChI=1S/C41H62N2O7SSi/c1-13-14-15-16-28-20-31(44)35(30-19-26(6)17-18-29(30)25(4)5)32(21-28)49-40(47)42-22-33-36(39(46)48-23-24(2)3)43-37(45)34(38(43)51-33)27(7)50-52(11,12)41(8,9)10/h19-21,24,27,29-30,34,38,44H,4,13-18,22-23H2,1-3,5-12H3,(H,42,47)/t27?,29-,30+,34-,38+/m0/s1. The smallest absolute Gasteiger partial charge is 0.412 e. The fourth-order valence-corrected chi connectivity index (χ4v) is 9.96. The highest BCUT2D eigenvalue weighted by Gasteiger charge is 2.59. The number of carbonyl (C=O) groups excluding carboxylic acids is 3. The van der Waals surface area contributed by atoms with Gasteiger partial charge in [-0.1, -0.05) is 89.9 Å². The van der Waals surface area contributed by atoms with Crippen molar-refractivity contribution in [3.05, 3.63) is 57.7 Å². The van der Waals surface area contributed by atoms with Gasteiger partial charge in [0.15, 0.2) is 8.32 Å². The molecule has 2 amide bonds. The lowest BCUT2D eigenvalue weighted by Crippen LogP contribution is -2.62. The monoisotopic (exact) mass is 754 g/mol. The van der Waals surface area contributed by atoms with E-state index in [2.05, 4.69) is 65.7 Å². The summed E-state index contributed by atoms with van der Waals surface area (Å²) in [6.45, 7) is 27.3. The highest BCUT2D eigenvalue weighted by molar-refractivity contribution is 8.04. The summed E-state index contributed by atoms with van der Waals surface area (Å²) in [4.78, 5) is 42.9. The minimum absolute atomic E-state index is 0.0285. The van der Waals surface area contributed by atoms with Crippen LogP contribution >= 0.6 is 11.8 Å². The lowest BCUT2D eigenvalue weighted by Gasteiger charge is -2.48. The number of aromatic hydroxyl groups is 1. The van der Waals surface area contributed by atoms with E-state index in [0.29, 0.717) is 16.2 Å². The van der Waals surface area contributed by atoms with E-state index in [1.807, 2.05) is 33.8 Å². The van der Waals surface area contributed by atoms with Crippen molar-refractivity contribution >= 4 is 38.0 Å². The number of aryl methyl sites for hydroxylation is 1. The van der Waals surface area contributed by atoms with Crippen LogP contribution in [0, 0.1) is 17.8 Å². The van der Waals surface area contributed by atoms with Crippen molar-refractivity contribution in [2.24, 2.45) is 17.8 Å². The summed E-state index contributed by atoms with van der Waals surface area (Å²) in [7, 11) is -2.17. The number of esters is 1. The van der Waals surface area contributed by atoms with E-state index in [1.54, 1.807) is 6.07 Å². The number of carbonyl (C=O) groups is 3. The van der Waals surface area contributed by atoms with Crippen LogP contribution in [0.5, 0.6) is 11.5 Å². The SMILES string of the molecule is C=C(C)[C@@H]1CCC(C)=C[C@H]1c1c(O)cc(CCCCC)cc1OC(=O)NCC1=C(C(=O)OCC(C)C)N2C(=O)[C@H](C(C)O[Si](C)(C)C(C)(C)C)[C@H]2S1. The van der Waals surface area contributed by atoms with Gasteiger partial charge in [0.05, 0.1) is 25.2 Å². The largest absolute Gasteiger partial charge is 0.507 e. The van der Waals surface area contributed by atoms with Crippen molar-refractivity contribution in [1.82, 2.24) is 10.2 Å². The topological polar surface area (TPSA) is 114 Å². The number of ether oxygens (including phenoxy) is 2. The van der Waals surface area contributed by atoms with Gasteiger partial charge >= 0.3 is 12.1 Å². The molecule has 0 aromatic heterocycles. The summed E-state index contributed by atoms with van der Waals surface area (Å²) in [6, 6.07) is 3.67. The minimum atomic E-state index is -2.17.